The second kappa shape index (κ2) is 8.68. The van der Waals surface area contributed by atoms with Gasteiger partial charge in [0, 0.05) is 43.0 Å². The first-order valence-electron chi connectivity index (χ1n) is 9.24. The van der Waals surface area contributed by atoms with Gasteiger partial charge < -0.3 is 15.1 Å². The van der Waals surface area contributed by atoms with E-state index < -0.39 is 0 Å². The number of rotatable bonds is 4. The molecule has 8 heteroatoms. The van der Waals surface area contributed by atoms with Gasteiger partial charge in [0.05, 0.1) is 10.7 Å². The second-order valence-corrected chi connectivity index (χ2v) is 7.48. The molecular formula is C21H19Cl2N5O. The highest BCUT2D eigenvalue weighted by Crippen LogP contribution is 2.24. The molecule has 1 saturated heterocycles. The molecule has 1 fully saturated rings. The van der Waals surface area contributed by atoms with Crippen LogP contribution in [0, 0.1) is 0 Å². The van der Waals surface area contributed by atoms with Crippen LogP contribution in [0.4, 0.5) is 17.5 Å². The van der Waals surface area contributed by atoms with Crippen molar-refractivity contribution in [3.8, 4) is 0 Å². The largest absolute Gasteiger partial charge is 0.339 e. The predicted molar refractivity (Wildman–Crippen MR) is 116 cm³/mol. The lowest BCUT2D eigenvalue weighted by atomic mass is 10.2. The number of para-hydroxylation sites is 1. The van der Waals surface area contributed by atoms with Gasteiger partial charge in [0.25, 0.3) is 5.91 Å². The van der Waals surface area contributed by atoms with Crippen LogP contribution in [0.5, 0.6) is 0 Å². The number of carbonyl (C=O) groups is 1. The minimum Gasteiger partial charge on any atom is -0.339 e. The molecule has 2 heterocycles. The molecule has 148 valence electrons. The van der Waals surface area contributed by atoms with Gasteiger partial charge in [-0.25, -0.2) is 4.98 Å². The maximum absolute atomic E-state index is 12.7. The van der Waals surface area contributed by atoms with Crippen LogP contribution < -0.4 is 10.2 Å². The molecule has 0 aliphatic carbocycles. The Hall–Kier alpha value is -2.83. The van der Waals surface area contributed by atoms with E-state index in [1.165, 1.54) is 0 Å². The van der Waals surface area contributed by atoms with Crippen molar-refractivity contribution in [3.63, 3.8) is 0 Å². The molecule has 0 unspecified atom stereocenters. The first kappa shape index (κ1) is 19.5. The topological polar surface area (TPSA) is 61.4 Å². The highest BCUT2D eigenvalue weighted by atomic mass is 35.5. The van der Waals surface area contributed by atoms with Crippen LogP contribution >= 0.6 is 23.2 Å². The lowest BCUT2D eigenvalue weighted by molar-refractivity contribution is 0.0746. The van der Waals surface area contributed by atoms with E-state index in [-0.39, 0.29) is 5.91 Å². The quantitative estimate of drug-likeness (QED) is 0.664. The molecule has 1 N–H and O–H groups in total. The van der Waals surface area contributed by atoms with E-state index in [1.54, 1.807) is 36.5 Å². The average Bonchev–Trinajstić information content (AvgIpc) is 2.75. The fourth-order valence-corrected chi connectivity index (χ4v) is 3.56. The molecule has 0 radical (unpaired) electrons. The fraction of sp³-hybridized carbons (Fsp3) is 0.190. The molecule has 6 nitrogen and oxygen atoms in total. The first-order chi connectivity index (χ1) is 14.1. The number of halogens is 2. The summed E-state index contributed by atoms with van der Waals surface area (Å²) in [5.41, 5.74) is 1.39. The van der Waals surface area contributed by atoms with Crippen LogP contribution in [0.2, 0.25) is 10.0 Å². The molecular weight excluding hydrogens is 409 g/mol. The summed E-state index contributed by atoms with van der Waals surface area (Å²) in [6.07, 6.45) is 1.71. The van der Waals surface area contributed by atoms with Crippen molar-refractivity contribution < 1.29 is 4.79 Å². The number of carbonyl (C=O) groups excluding carboxylic acids is 1. The third-order valence-corrected chi connectivity index (χ3v) is 5.27. The maximum Gasteiger partial charge on any atom is 0.254 e. The fourth-order valence-electron chi connectivity index (χ4n) is 3.18. The normalized spacial score (nSPS) is 14.0. The van der Waals surface area contributed by atoms with Gasteiger partial charge in [-0.2, -0.15) is 4.98 Å². The molecule has 3 aromatic rings. The zero-order valence-corrected chi connectivity index (χ0v) is 17.1. The van der Waals surface area contributed by atoms with Crippen LogP contribution in [-0.4, -0.2) is 47.0 Å². The summed E-state index contributed by atoms with van der Waals surface area (Å²) < 4.78 is 0. The summed E-state index contributed by atoms with van der Waals surface area (Å²) in [5.74, 6) is 1.28. The van der Waals surface area contributed by atoms with Gasteiger partial charge in [-0.1, -0.05) is 41.4 Å². The van der Waals surface area contributed by atoms with Gasteiger partial charge in [-0.05, 0) is 36.4 Å². The number of amides is 1. The highest BCUT2D eigenvalue weighted by molar-refractivity contribution is 6.33. The number of anilines is 3. The summed E-state index contributed by atoms with van der Waals surface area (Å²) in [6, 6.07) is 16.3. The standard InChI is InChI=1S/C21H19Cl2N5O/c22-16-5-3-4-15(14-16)20(29)27-10-12-28(13-11-27)21-24-9-8-19(26-21)25-18-7-2-1-6-17(18)23/h1-9,14H,10-13H2,(H,24,25,26). The van der Waals surface area contributed by atoms with Gasteiger partial charge >= 0.3 is 0 Å². The Morgan fingerprint density at radius 2 is 1.76 bits per heavy atom. The van der Waals surface area contributed by atoms with E-state index in [9.17, 15) is 4.79 Å². The van der Waals surface area contributed by atoms with Crippen molar-refractivity contribution in [1.29, 1.82) is 0 Å². The van der Waals surface area contributed by atoms with Crippen molar-refractivity contribution in [1.82, 2.24) is 14.9 Å². The number of aromatic nitrogens is 2. The van der Waals surface area contributed by atoms with Crippen LogP contribution in [0.15, 0.2) is 60.8 Å². The lowest BCUT2D eigenvalue weighted by Crippen LogP contribution is -2.49. The summed E-state index contributed by atoms with van der Waals surface area (Å²) in [4.78, 5) is 25.6. The van der Waals surface area contributed by atoms with E-state index in [0.717, 1.165) is 5.69 Å². The van der Waals surface area contributed by atoms with Crippen molar-refractivity contribution >= 4 is 46.6 Å². The van der Waals surface area contributed by atoms with Crippen LogP contribution in [0.25, 0.3) is 0 Å². The summed E-state index contributed by atoms with van der Waals surface area (Å²) in [7, 11) is 0. The van der Waals surface area contributed by atoms with E-state index in [1.807, 2.05) is 29.2 Å². The number of piperazine rings is 1. The Bertz CT molecular complexity index is 1020. The highest BCUT2D eigenvalue weighted by Gasteiger charge is 2.23. The van der Waals surface area contributed by atoms with Gasteiger partial charge in [-0.3, -0.25) is 4.79 Å². The van der Waals surface area contributed by atoms with Crippen molar-refractivity contribution in [2.45, 2.75) is 0 Å². The molecule has 29 heavy (non-hydrogen) atoms. The second-order valence-electron chi connectivity index (χ2n) is 6.64. The Morgan fingerprint density at radius 3 is 2.52 bits per heavy atom. The molecule has 0 spiro atoms. The number of benzene rings is 2. The predicted octanol–water partition coefficient (Wildman–Crippen LogP) is 4.49. The van der Waals surface area contributed by atoms with Gasteiger partial charge in [0.1, 0.15) is 5.82 Å². The average molecular weight is 428 g/mol. The number of hydrogen-bond donors (Lipinski definition) is 1. The van der Waals surface area contributed by atoms with E-state index in [0.29, 0.717) is 53.6 Å². The molecule has 0 saturated carbocycles. The van der Waals surface area contributed by atoms with Gasteiger partial charge in [0.2, 0.25) is 5.95 Å². The third kappa shape index (κ3) is 4.60. The SMILES string of the molecule is O=C(c1cccc(Cl)c1)N1CCN(c2nccc(Nc3ccccc3Cl)n2)CC1. The molecule has 2 aromatic carbocycles. The molecule has 1 amide bonds. The monoisotopic (exact) mass is 427 g/mol. The number of nitrogens with zero attached hydrogens (tertiary/aromatic N) is 4. The summed E-state index contributed by atoms with van der Waals surface area (Å²) >= 11 is 12.2. The molecule has 4 rings (SSSR count). The third-order valence-electron chi connectivity index (χ3n) is 4.70. The van der Waals surface area contributed by atoms with Gasteiger partial charge in [-0.15, -0.1) is 0 Å². The number of hydrogen-bond acceptors (Lipinski definition) is 5. The van der Waals surface area contributed by atoms with Crippen LogP contribution in [0.3, 0.4) is 0 Å². The molecule has 0 bridgehead atoms. The Kier molecular flexibility index (Phi) is 5.83. The molecule has 1 aliphatic rings. The van der Waals surface area contributed by atoms with Crippen LogP contribution in [-0.2, 0) is 0 Å². The number of nitrogens with one attached hydrogen (secondary N) is 1. The molecule has 1 aliphatic heterocycles. The van der Waals surface area contributed by atoms with Crippen molar-refractivity contribution in [2.24, 2.45) is 0 Å². The Labute approximate surface area is 179 Å². The Balaban J connectivity index is 1.41. The molecule has 0 atom stereocenters. The van der Waals surface area contributed by atoms with Crippen molar-refractivity contribution in [2.75, 3.05) is 36.4 Å². The first-order valence-corrected chi connectivity index (χ1v) is 10.00. The smallest absolute Gasteiger partial charge is 0.254 e. The minimum atomic E-state index is -0.0118. The van der Waals surface area contributed by atoms with Crippen molar-refractivity contribution in [3.05, 3.63) is 76.4 Å². The summed E-state index contributed by atoms with van der Waals surface area (Å²) in [6.45, 7) is 2.50. The van der Waals surface area contributed by atoms with E-state index in [2.05, 4.69) is 20.2 Å². The van der Waals surface area contributed by atoms with Gasteiger partial charge in [0.15, 0.2) is 0 Å². The lowest BCUT2D eigenvalue weighted by Gasteiger charge is -2.34. The zero-order chi connectivity index (χ0) is 20.2. The minimum absolute atomic E-state index is 0.0118. The maximum atomic E-state index is 12.7. The summed E-state index contributed by atoms with van der Waals surface area (Å²) in [5, 5.41) is 4.41. The van der Waals surface area contributed by atoms with Crippen LogP contribution in [0.1, 0.15) is 10.4 Å². The van der Waals surface area contributed by atoms with E-state index in [4.69, 9.17) is 23.2 Å². The molecule has 1 aromatic heterocycles. The van der Waals surface area contributed by atoms with E-state index >= 15 is 0 Å². The Morgan fingerprint density at radius 1 is 0.966 bits per heavy atom. The zero-order valence-electron chi connectivity index (χ0n) is 15.6.